The number of rotatable bonds is 4. The van der Waals surface area contributed by atoms with Gasteiger partial charge in [0.25, 0.3) is 0 Å². The minimum absolute atomic E-state index is 0.0718. The van der Waals surface area contributed by atoms with E-state index in [1.807, 2.05) is 48.1 Å². The highest BCUT2D eigenvalue weighted by Crippen LogP contribution is 2.13. The van der Waals surface area contributed by atoms with Crippen LogP contribution in [0, 0.1) is 12.3 Å². The molecule has 0 saturated heterocycles. The van der Waals surface area contributed by atoms with Gasteiger partial charge in [-0.3, -0.25) is 0 Å². The molecular weight excluding hydrogens is 210 g/mol. The molecule has 1 aromatic heterocycles. The Morgan fingerprint density at radius 1 is 1.41 bits per heavy atom. The molecule has 17 heavy (non-hydrogen) atoms. The zero-order valence-electron chi connectivity index (χ0n) is 9.80. The Morgan fingerprint density at radius 3 is 2.82 bits per heavy atom. The molecule has 0 bridgehead atoms. The van der Waals surface area contributed by atoms with Crippen molar-refractivity contribution >= 4 is 0 Å². The lowest BCUT2D eigenvalue weighted by Crippen LogP contribution is -2.18. The minimum atomic E-state index is -0.0718. The molecular formula is C14H15N3. The highest BCUT2D eigenvalue weighted by molar-refractivity contribution is 5.32. The van der Waals surface area contributed by atoms with Gasteiger partial charge in [-0.05, 0) is 18.7 Å². The second-order valence-corrected chi connectivity index (χ2v) is 3.71. The first-order chi connectivity index (χ1) is 8.35. The number of nitrogens with zero attached hydrogens (tertiary/aromatic N) is 2. The Morgan fingerprint density at radius 2 is 2.18 bits per heavy atom. The number of benzene rings is 1. The van der Waals surface area contributed by atoms with E-state index in [1.165, 1.54) is 0 Å². The SMILES string of the molecule is C#CC(NCC)c1cnn(-c2ccccc2)c1. The van der Waals surface area contributed by atoms with Gasteiger partial charge in [0.1, 0.15) is 0 Å². The lowest BCUT2D eigenvalue weighted by molar-refractivity contribution is 0.665. The van der Waals surface area contributed by atoms with Gasteiger partial charge < -0.3 is 5.32 Å². The second-order valence-electron chi connectivity index (χ2n) is 3.71. The fourth-order valence-corrected chi connectivity index (χ4v) is 1.68. The van der Waals surface area contributed by atoms with E-state index in [9.17, 15) is 0 Å². The van der Waals surface area contributed by atoms with E-state index in [1.54, 1.807) is 6.20 Å². The molecule has 0 aliphatic rings. The van der Waals surface area contributed by atoms with Crippen LogP contribution in [0.15, 0.2) is 42.7 Å². The van der Waals surface area contributed by atoms with Gasteiger partial charge in [0.15, 0.2) is 0 Å². The summed E-state index contributed by atoms with van der Waals surface area (Å²) in [5.74, 6) is 2.72. The summed E-state index contributed by atoms with van der Waals surface area (Å²) in [5, 5.41) is 7.54. The van der Waals surface area contributed by atoms with Gasteiger partial charge in [-0.1, -0.05) is 31.0 Å². The molecule has 0 spiro atoms. The van der Waals surface area contributed by atoms with E-state index < -0.39 is 0 Å². The summed E-state index contributed by atoms with van der Waals surface area (Å²) in [6.45, 7) is 2.87. The van der Waals surface area contributed by atoms with Crippen molar-refractivity contribution in [2.45, 2.75) is 13.0 Å². The maximum Gasteiger partial charge on any atom is 0.0973 e. The molecule has 2 aromatic rings. The fourth-order valence-electron chi connectivity index (χ4n) is 1.68. The van der Waals surface area contributed by atoms with E-state index in [0.717, 1.165) is 17.8 Å². The molecule has 3 heteroatoms. The first-order valence-corrected chi connectivity index (χ1v) is 5.64. The van der Waals surface area contributed by atoms with Crippen LogP contribution in [0.5, 0.6) is 0 Å². The largest absolute Gasteiger partial charge is 0.300 e. The third-order valence-electron chi connectivity index (χ3n) is 2.53. The first-order valence-electron chi connectivity index (χ1n) is 5.64. The second kappa shape index (κ2) is 5.33. The zero-order chi connectivity index (χ0) is 12.1. The van der Waals surface area contributed by atoms with Crippen LogP contribution in [-0.2, 0) is 0 Å². The summed E-state index contributed by atoms with van der Waals surface area (Å²) >= 11 is 0. The Balaban J connectivity index is 2.25. The third kappa shape index (κ3) is 2.55. The fraction of sp³-hybridized carbons (Fsp3) is 0.214. The molecule has 0 amide bonds. The van der Waals surface area contributed by atoms with Crippen LogP contribution in [0.1, 0.15) is 18.5 Å². The Hall–Kier alpha value is -2.05. The number of para-hydroxylation sites is 1. The molecule has 0 saturated carbocycles. The Bertz CT molecular complexity index is 508. The minimum Gasteiger partial charge on any atom is -0.300 e. The van der Waals surface area contributed by atoms with Gasteiger partial charge in [0, 0.05) is 11.8 Å². The summed E-state index contributed by atoms with van der Waals surface area (Å²) < 4.78 is 1.83. The van der Waals surface area contributed by atoms with Crippen molar-refractivity contribution in [3.63, 3.8) is 0 Å². The Labute approximate surface area is 101 Å². The normalized spacial score (nSPS) is 12.0. The lowest BCUT2D eigenvalue weighted by atomic mass is 10.2. The third-order valence-corrected chi connectivity index (χ3v) is 2.53. The maximum absolute atomic E-state index is 5.49. The summed E-state index contributed by atoms with van der Waals surface area (Å²) in [5.41, 5.74) is 2.05. The molecule has 0 aliphatic heterocycles. The van der Waals surface area contributed by atoms with Gasteiger partial charge in [0.2, 0.25) is 0 Å². The standard InChI is InChI=1S/C14H15N3/c1-3-14(15-4-2)12-10-16-17(11-12)13-8-6-5-7-9-13/h1,5-11,14-15H,4H2,2H3. The molecule has 1 unspecified atom stereocenters. The summed E-state index contributed by atoms with van der Waals surface area (Å²) in [4.78, 5) is 0. The van der Waals surface area contributed by atoms with Crippen molar-refractivity contribution in [2.75, 3.05) is 6.54 Å². The van der Waals surface area contributed by atoms with E-state index in [2.05, 4.69) is 16.3 Å². The van der Waals surface area contributed by atoms with Crippen molar-refractivity contribution in [1.29, 1.82) is 0 Å². The molecule has 0 radical (unpaired) electrons. The number of nitrogens with one attached hydrogen (secondary N) is 1. The van der Waals surface area contributed by atoms with Gasteiger partial charge >= 0.3 is 0 Å². The molecule has 2 rings (SSSR count). The number of hydrogen-bond acceptors (Lipinski definition) is 2. The van der Waals surface area contributed by atoms with Crippen LogP contribution in [-0.4, -0.2) is 16.3 Å². The van der Waals surface area contributed by atoms with Crippen molar-refractivity contribution in [3.05, 3.63) is 48.3 Å². The topological polar surface area (TPSA) is 29.9 Å². The van der Waals surface area contributed by atoms with Crippen molar-refractivity contribution < 1.29 is 0 Å². The van der Waals surface area contributed by atoms with Crippen molar-refractivity contribution in [3.8, 4) is 18.0 Å². The van der Waals surface area contributed by atoms with Gasteiger partial charge in [-0.25, -0.2) is 4.68 Å². The van der Waals surface area contributed by atoms with Gasteiger partial charge in [0.05, 0.1) is 17.9 Å². The van der Waals surface area contributed by atoms with Crippen molar-refractivity contribution in [2.24, 2.45) is 0 Å². The average molecular weight is 225 g/mol. The van der Waals surface area contributed by atoms with E-state index in [0.29, 0.717) is 0 Å². The van der Waals surface area contributed by atoms with E-state index in [-0.39, 0.29) is 6.04 Å². The molecule has 0 aliphatic carbocycles. The van der Waals surface area contributed by atoms with Crippen LogP contribution in [0.25, 0.3) is 5.69 Å². The molecule has 0 fully saturated rings. The van der Waals surface area contributed by atoms with Crippen LogP contribution in [0.2, 0.25) is 0 Å². The summed E-state index contributed by atoms with van der Waals surface area (Å²) in [6.07, 6.45) is 9.26. The van der Waals surface area contributed by atoms with Crippen molar-refractivity contribution in [1.82, 2.24) is 15.1 Å². The zero-order valence-corrected chi connectivity index (χ0v) is 9.80. The van der Waals surface area contributed by atoms with Crippen LogP contribution in [0.4, 0.5) is 0 Å². The Kier molecular flexibility index (Phi) is 3.59. The van der Waals surface area contributed by atoms with Crippen LogP contribution in [0.3, 0.4) is 0 Å². The monoisotopic (exact) mass is 225 g/mol. The average Bonchev–Trinajstić information content (AvgIpc) is 2.86. The highest BCUT2D eigenvalue weighted by atomic mass is 15.3. The predicted octanol–water partition coefficient (Wildman–Crippen LogP) is 2.16. The highest BCUT2D eigenvalue weighted by Gasteiger charge is 2.09. The van der Waals surface area contributed by atoms with E-state index in [4.69, 9.17) is 6.42 Å². The molecule has 1 heterocycles. The smallest absolute Gasteiger partial charge is 0.0973 e. The quantitative estimate of drug-likeness (QED) is 0.808. The predicted molar refractivity (Wildman–Crippen MR) is 68.8 cm³/mol. The molecule has 3 nitrogen and oxygen atoms in total. The lowest BCUT2D eigenvalue weighted by Gasteiger charge is -2.08. The number of terminal acetylenes is 1. The molecule has 86 valence electrons. The van der Waals surface area contributed by atoms with Crippen LogP contribution >= 0.6 is 0 Å². The van der Waals surface area contributed by atoms with Crippen LogP contribution < -0.4 is 5.32 Å². The molecule has 1 N–H and O–H groups in total. The number of aromatic nitrogens is 2. The maximum atomic E-state index is 5.49. The van der Waals surface area contributed by atoms with E-state index >= 15 is 0 Å². The first kappa shape index (κ1) is 11.4. The van der Waals surface area contributed by atoms with Gasteiger partial charge in [-0.2, -0.15) is 5.10 Å². The summed E-state index contributed by atoms with van der Waals surface area (Å²) in [7, 11) is 0. The number of hydrogen-bond donors (Lipinski definition) is 1. The van der Waals surface area contributed by atoms with Gasteiger partial charge in [-0.15, -0.1) is 6.42 Å². The summed E-state index contributed by atoms with van der Waals surface area (Å²) in [6, 6.07) is 9.90. The molecule has 1 atom stereocenters. The molecule has 1 aromatic carbocycles.